The van der Waals surface area contributed by atoms with Crippen LogP contribution in [0.2, 0.25) is 0 Å². The Kier molecular flexibility index (Phi) is 5.51. The molecule has 0 spiro atoms. The van der Waals surface area contributed by atoms with E-state index in [1.54, 1.807) is 12.1 Å². The minimum atomic E-state index is -0.455. The van der Waals surface area contributed by atoms with Gasteiger partial charge in [-0.1, -0.05) is 31.2 Å². The number of nitrogens with zero attached hydrogens (tertiary/aromatic N) is 2. The van der Waals surface area contributed by atoms with Gasteiger partial charge in [0.2, 0.25) is 5.89 Å². The molecule has 0 radical (unpaired) electrons. The molecule has 2 rings (SSSR count). The quantitative estimate of drug-likeness (QED) is 0.577. The highest BCUT2D eigenvalue weighted by Crippen LogP contribution is 2.27. The third-order valence-corrected chi connectivity index (χ3v) is 3.15. The normalized spacial score (nSPS) is 10.4. The van der Waals surface area contributed by atoms with Crippen LogP contribution in [0.1, 0.15) is 41.6 Å². The molecule has 1 heterocycles. The van der Waals surface area contributed by atoms with Crippen molar-refractivity contribution in [1.82, 2.24) is 10.2 Å². The van der Waals surface area contributed by atoms with Gasteiger partial charge in [0.25, 0.3) is 5.89 Å². The number of carbonyl (C=O) groups excluding carboxylic acids is 1. The Balaban J connectivity index is 2.28. The van der Waals surface area contributed by atoms with Crippen molar-refractivity contribution in [1.29, 1.82) is 0 Å². The molecule has 0 amide bonds. The van der Waals surface area contributed by atoms with Gasteiger partial charge in [-0.05, 0) is 25.0 Å². The van der Waals surface area contributed by atoms with E-state index in [0.29, 0.717) is 35.9 Å². The molecule has 6 nitrogen and oxygen atoms in total. The van der Waals surface area contributed by atoms with E-state index in [1.807, 2.05) is 19.9 Å². The maximum absolute atomic E-state index is 12.0. The molecule has 23 heavy (non-hydrogen) atoms. The molecule has 0 bridgehead atoms. The van der Waals surface area contributed by atoms with Gasteiger partial charge in [-0.2, -0.15) is 0 Å². The highest BCUT2D eigenvalue weighted by molar-refractivity contribution is 5.93. The van der Waals surface area contributed by atoms with Crippen LogP contribution in [0.25, 0.3) is 0 Å². The number of aromatic nitrogens is 2. The Hall–Kier alpha value is -2.63. The number of hydrogen-bond acceptors (Lipinski definition) is 6. The second-order valence-electron chi connectivity index (χ2n) is 5.15. The van der Waals surface area contributed by atoms with Crippen molar-refractivity contribution in [3.63, 3.8) is 0 Å². The maximum Gasteiger partial charge on any atom is 0.341 e. The minimum absolute atomic E-state index is 0.0875. The Morgan fingerprint density at radius 3 is 2.65 bits per heavy atom. The third kappa shape index (κ3) is 4.18. The van der Waals surface area contributed by atoms with Gasteiger partial charge < -0.3 is 13.9 Å². The fourth-order valence-corrected chi connectivity index (χ4v) is 2.11. The first-order chi connectivity index (χ1) is 11.0. The molecule has 0 N–H and O–H groups in total. The van der Waals surface area contributed by atoms with Crippen LogP contribution in [0.3, 0.4) is 0 Å². The van der Waals surface area contributed by atoms with Crippen molar-refractivity contribution in [2.45, 2.75) is 33.3 Å². The summed E-state index contributed by atoms with van der Waals surface area (Å²) in [4.78, 5) is 12.0. The molecule has 0 aliphatic carbocycles. The van der Waals surface area contributed by atoms with Gasteiger partial charge in [-0.25, -0.2) is 4.79 Å². The first kappa shape index (κ1) is 16.7. The van der Waals surface area contributed by atoms with Gasteiger partial charge in [-0.3, -0.25) is 0 Å². The molecule has 2 aromatic rings. The maximum atomic E-state index is 12.0. The molecule has 0 fully saturated rings. The van der Waals surface area contributed by atoms with Gasteiger partial charge in [0.05, 0.1) is 7.11 Å². The van der Waals surface area contributed by atoms with E-state index in [1.165, 1.54) is 7.11 Å². The summed E-state index contributed by atoms with van der Waals surface area (Å²) in [5.41, 5.74) is 2.18. The van der Waals surface area contributed by atoms with Crippen LogP contribution in [0.15, 0.2) is 34.8 Å². The number of carbonyl (C=O) groups is 1. The Morgan fingerprint density at radius 1 is 1.30 bits per heavy atom. The Labute approximate surface area is 135 Å². The van der Waals surface area contributed by atoms with Crippen LogP contribution in [0.4, 0.5) is 0 Å². The summed E-state index contributed by atoms with van der Waals surface area (Å²) in [6.45, 7) is 7.84. The van der Waals surface area contributed by atoms with E-state index in [-0.39, 0.29) is 6.61 Å². The number of rotatable bonds is 7. The average molecular weight is 316 g/mol. The van der Waals surface area contributed by atoms with Crippen molar-refractivity contribution >= 4 is 5.97 Å². The van der Waals surface area contributed by atoms with Crippen molar-refractivity contribution in [2.24, 2.45) is 0 Å². The zero-order chi connectivity index (χ0) is 16.8. The highest BCUT2D eigenvalue weighted by atomic mass is 16.5. The summed E-state index contributed by atoms with van der Waals surface area (Å²) in [5.74, 6) is 0.914. The second kappa shape index (κ2) is 7.58. The summed E-state index contributed by atoms with van der Waals surface area (Å²) in [6.07, 6.45) is 1.26. The van der Waals surface area contributed by atoms with E-state index in [4.69, 9.17) is 13.9 Å². The van der Waals surface area contributed by atoms with Crippen molar-refractivity contribution in [3.8, 4) is 5.75 Å². The van der Waals surface area contributed by atoms with Gasteiger partial charge >= 0.3 is 5.97 Å². The van der Waals surface area contributed by atoms with Gasteiger partial charge in [0, 0.05) is 6.42 Å². The number of hydrogen-bond donors (Lipinski definition) is 0. The summed E-state index contributed by atoms with van der Waals surface area (Å²) in [6, 6.07) is 5.34. The highest BCUT2D eigenvalue weighted by Gasteiger charge is 2.18. The molecule has 0 aliphatic heterocycles. The monoisotopic (exact) mass is 316 g/mol. The topological polar surface area (TPSA) is 74.5 Å². The number of allylic oxidation sites excluding steroid dienone is 1. The van der Waals surface area contributed by atoms with Gasteiger partial charge in [-0.15, -0.1) is 10.2 Å². The summed E-state index contributed by atoms with van der Waals surface area (Å²) in [5, 5.41) is 7.80. The van der Waals surface area contributed by atoms with Gasteiger partial charge in [0.15, 0.2) is 6.61 Å². The molecule has 0 aliphatic rings. The van der Waals surface area contributed by atoms with Gasteiger partial charge in [0.1, 0.15) is 11.3 Å². The molecular weight excluding hydrogens is 296 g/mol. The van der Waals surface area contributed by atoms with Crippen molar-refractivity contribution < 1.29 is 18.7 Å². The Morgan fingerprint density at radius 2 is 2.04 bits per heavy atom. The smallest absolute Gasteiger partial charge is 0.341 e. The molecule has 1 aromatic heterocycles. The molecule has 0 atom stereocenters. The van der Waals surface area contributed by atoms with Crippen molar-refractivity contribution in [2.75, 3.05) is 7.11 Å². The standard InChI is InChI=1S/C17H20N2O4/c1-5-14-18-19-15(23-14)10-22-16-12(9-11(2)3)7-6-8-13(16)17(20)21-4/h6-8H,2,5,9-10H2,1,3-4H3. The van der Waals surface area contributed by atoms with Crippen LogP contribution in [0, 0.1) is 0 Å². The average Bonchev–Trinajstić information content (AvgIpc) is 3.00. The largest absolute Gasteiger partial charge is 0.483 e. The molecule has 0 saturated heterocycles. The molecule has 0 saturated carbocycles. The predicted octanol–water partition coefficient (Wildman–Crippen LogP) is 3.12. The molecule has 122 valence electrons. The third-order valence-electron chi connectivity index (χ3n) is 3.15. The number of ether oxygens (including phenoxy) is 2. The number of aryl methyl sites for hydroxylation is 1. The SMILES string of the molecule is C=C(C)Cc1cccc(C(=O)OC)c1OCc1nnc(CC)o1. The fraction of sp³-hybridized carbons (Fsp3) is 0.353. The van der Waals surface area contributed by atoms with E-state index in [0.717, 1.165) is 11.1 Å². The van der Waals surface area contributed by atoms with E-state index < -0.39 is 5.97 Å². The first-order valence-corrected chi connectivity index (χ1v) is 7.33. The number of para-hydroxylation sites is 1. The van der Waals surface area contributed by atoms with Crippen LogP contribution >= 0.6 is 0 Å². The van der Waals surface area contributed by atoms with Crippen LogP contribution in [-0.2, 0) is 24.2 Å². The van der Waals surface area contributed by atoms with E-state index in [9.17, 15) is 4.79 Å². The number of benzene rings is 1. The van der Waals surface area contributed by atoms with Crippen molar-refractivity contribution in [3.05, 3.63) is 53.3 Å². The number of methoxy groups -OCH3 is 1. The zero-order valence-electron chi connectivity index (χ0n) is 13.6. The second-order valence-corrected chi connectivity index (χ2v) is 5.15. The first-order valence-electron chi connectivity index (χ1n) is 7.33. The summed E-state index contributed by atoms with van der Waals surface area (Å²) >= 11 is 0. The predicted molar refractivity (Wildman–Crippen MR) is 84.3 cm³/mol. The molecule has 1 aromatic carbocycles. The van der Waals surface area contributed by atoms with Crippen LogP contribution in [-0.4, -0.2) is 23.3 Å². The molecule has 6 heteroatoms. The van der Waals surface area contributed by atoms with Crippen LogP contribution in [0.5, 0.6) is 5.75 Å². The lowest BCUT2D eigenvalue weighted by molar-refractivity contribution is 0.0594. The lowest BCUT2D eigenvalue weighted by Gasteiger charge is -2.14. The number of esters is 1. The lowest BCUT2D eigenvalue weighted by Crippen LogP contribution is -2.08. The summed E-state index contributed by atoms with van der Waals surface area (Å²) in [7, 11) is 1.34. The van der Waals surface area contributed by atoms with Crippen LogP contribution < -0.4 is 4.74 Å². The lowest BCUT2D eigenvalue weighted by atomic mass is 10.0. The fourth-order valence-electron chi connectivity index (χ4n) is 2.11. The molecular formula is C17H20N2O4. The van der Waals surface area contributed by atoms with E-state index in [2.05, 4.69) is 16.8 Å². The minimum Gasteiger partial charge on any atom is -0.483 e. The molecule has 0 unspecified atom stereocenters. The van der Waals surface area contributed by atoms with E-state index >= 15 is 0 Å². The Bertz CT molecular complexity index is 706. The summed E-state index contributed by atoms with van der Waals surface area (Å²) < 4.78 is 16.0. The zero-order valence-corrected chi connectivity index (χ0v) is 13.6.